The molecule has 54 valence electrons. The van der Waals surface area contributed by atoms with E-state index in [1.165, 1.54) is 0 Å². The molecule has 0 spiro atoms. The van der Waals surface area contributed by atoms with E-state index in [-0.39, 0.29) is 12.0 Å². The molecular weight excluding hydrogens is 154 g/mol. The number of hydrogen-bond acceptors (Lipinski definition) is 4. The molecule has 3 N–H and O–H groups in total. The maximum Gasteiger partial charge on any atom is 0.0516 e. The van der Waals surface area contributed by atoms with E-state index >= 15 is 0 Å². The van der Waals surface area contributed by atoms with E-state index in [1.807, 2.05) is 0 Å². The van der Waals surface area contributed by atoms with E-state index < -0.39 is 0 Å². The highest BCUT2D eigenvalue weighted by molar-refractivity contribution is 8.77. The smallest absolute Gasteiger partial charge is 0.0516 e. The first-order valence-electron chi connectivity index (χ1n) is 2.88. The molecule has 1 aliphatic rings. The summed E-state index contributed by atoms with van der Waals surface area (Å²) in [6, 6.07) is 0. The van der Waals surface area contributed by atoms with Crippen LogP contribution in [0.5, 0.6) is 0 Å². The van der Waals surface area contributed by atoms with Crippen LogP contribution in [0, 0.1) is 5.41 Å². The summed E-state index contributed by atoms with van der Waals surface area (Å²) in [5.41, 5.74) is 5.53. The largest absolute Gasteiger partial charge is 0.396 e. The first-order valence-corrected chi connectivity index (χ1v) is 5.37. The Hall–Kier alpha value is 0.620. The molecule has 1 aliphatic heterocycles. The average molecular weight is 165 g/mol. The Morgan fingerprint density at radius 1 is 1.44 bits per heavy atom. The maximum absolute atomic E-state index is 8.91. The number of hydrogen-bond donors (Lipinski definition) is 2. The summed E-state index contributed by atoms with van der Waals surface area (Å²) < 4.78 is 0. The predicted octanol–water partition coefficient (Wildman–Crippen LogP) is 0.319. The lowest BCUT2D eigenvalue weighted by atomic mass is 9.95. The van der Waals surface area contributed by atoms with Crippen LogP contribution in [0.1, 0.15) is 0 Å². The van der Waals surface area contributed by atoms with E-state index in [0.29, 0.717) is 6.54 Å². The third-order valence-corrected chi connectivity index (χ3v) is 4.42. The van der Waals surface area contributed by atoms with Crippen LogP contribution in [0.2, 0.25) is 0 Å². The van der Waals surface area contributed by atoms with E-state index in [4.69, 9.17) is 10.8 Å². The van der Waals surface area contributed by atoms with Gasteiger partial charge in [-0.3, -0.25) is 0 Å². The Labute approximate surface area is 63.0 Å². The summed E-state index contributed by atoms with van der Waals surface area (Å²) in [6.45, 7) is 0.854. The molecule has 0 radical (unpaired) electrons. The summed E-state index contributed by atoms with van der Waals surface area (Å²) in [5.74, 6) is 2.01. The third-order valence-electron chi connectivity index (χ3n) is 1.58. The van der Waals surface area contributed by atoms with Gasteiger partial charge in [0.1, 0.15) is 0 Å². The average Bonchev–Trinajstić information content (AvgIpc) is 2.36. The van der Waals surface area contributed by atoms with Crippen molar-refractivity contribution < 1.29 is 5.11 Å². The monoisotopic (exact) mass is 165 g/mol. The van der Waals surface area contributed by atoms with Gasteiger partial charge in [0, 0.05) is 23.5 Å². The lowest BCUT2D eigenvalue weighted by molar-refractivity contribution is 0.176. The van der Waals surface area contributed by atoms with Crippen molar-refractivity contribution in [2.75, 3.05) is 24.7 Å². The molecule has 1 rings (SSSR count). The molecule has 1 saturated heterocycles. The molecule has 0 aromatic rings. The highest BCUT2D eigenvalue weighted by atomic mass is 33.1. The van der Waals surface area contributed by atoms with Crippen molar-refractivity contribution in [3.8, 4) is 0 Å². The molecule has 0 amide bonds. The van der Waals surface area contributed by atoms with E-state index in [1.54, 1.807) is 21.6 Å². The molecule has 4 heteroatoms. The molecule has 0 aliphatic carbocycles. The predicted molar refractivity (Wildman–Crippen MR) is 43.5 cm³/mol. The summed E-state index contributed by atoms with van der Waals surface area (Å²) in [5, 5.41) is 8.91. The van der Waals surface area contributed by atoms with Crippen LogP contribution in [-0.4, -0.2) is 29.8 Å². The summed E-state index contributed by atoms with van der Waals surface area (Å²) in [6.07, 6.45) is 0. The number of nitrogens with two attached hydrogens (primary N) is 1. The first-order chi connectivity index (χ1) is 4.33. The maximum atomic E-state index is 8.91. The van der Waals surface area contributed by atoms with Gasteiger partial charge in [-0.1, -0.05) is 21.6 Å². The van der Waals surface area contributed by atoms with Crippen molar-refractivity contribution in [3.63, 3.8) is 0 Å². The number of aliphatic hydroxyl groups excluding tert-OH is 1. The molecule has 0 bridgehead atoms. The lowest BCUT2D eigenvalue weighted by Crippen LogP contribution is -2.36. The number of rotatable bonds is 2. The minimum Gasteiger partial charge on any atom is -0.396 e. The van der Waals surface area contributed by atoms with Gasteiger partial charge in [0.15, 0.2) is 0 Å². The molecule has 0 atom stereocenters. The van der Waals surface area contributed by atoms with Crippen LogP contribution >= 0.6 is 21.6 Å². The van der Waals surface area contributed by atoms with E-state index in [0.717, 1.165) is 11.5 Å². The van der Waals surface area contributed by atoms with Crippen LogP contribution in [0.3, 0.4) is 0 Å². The van der Waals surface area contributed by atoms with Crippen molar-refractivity contribution in [2.45, 2.75) is 0 Å². The topological polar surface area (TPSA) is 46.2 Å². The molecule has 2 nitrogen and oxygen atoms in total. The number of aliphatic hydroxyl groups is 1. The van der Waals surface area contributed by atoms with Crippen molar-refractivity contribution in [1.82, 2.24) is 0 Å². The van der Waals surface area contributed by atoms with Crippen molar-refractivity contribution >= 4 is 21.6 Å². The van der Waals surface area contributed by atoms with Crippen LogP contribution < -0.4 is 5.73 Å². The normalized spacial score (nSPS) is 24.7. The van der Waals surface area contributed by atoms with E-state index in [2.05, 4.69) is 0 Å². The fraction of sp³-hybridized carbons (Fsp3) is 1.00. The fourth-order valence-electron chi connectivity index (χ4n) is 0.649. The Kier molecular flexibility index (Phi) is 2.70. The van der Waals surface area contributed by atoms with Gasteiger partial charge in [0.2, 0.25) is 0 Å². The molecule has 9 heavy (non-hydrogen) atoms. The Morgan fingerprint density at radius 3 is 2.22 bits per heavy atom. The van der Waals surface area contributed by atoms with Gasteiger partial charge in [-0.05, 0) is 0 Å². The second kappa shape index (κ2) is 3.14. The molecule has 0 aromatic heterocycles. The SMILES string of the molecule is NCC1(CO)CSSC1. The minimum absolute atomic E-state index is 0.0370. The molecule has 0 aromatic carbocycles. The highest BCUT2D eigenvalue weighted by Gasteiger charge is 2.32. The zero-order valence-corrected chi connectivity index (χ0v) is 6.80. The lowest BCUT2D eigenvalue weighted by Gasteiger charge is -2.21. The van der Waals surface area contributed by atoms with Crippen LogP contribution in [0.4, 0.5) is 0 Å². The van der Waals surface area contributed by atoms with Gasteiger partial charge in [0.25, 0.3) is 0 Å². The molecule has 1 heterocycles. The van der Waals surface area contributed by atoms with Crippen LogP contribution in [-0.2, 0) is 0 Å². The summed E-state index contributed by atoms with van der Waals surface area (Å²) in [7, 11) is 3.61. The molecule has 0 unspecified atom stereocenters. The second-order valence-electron chi connectivity index (χ2n) is 2.39. The fourth-order valence-corrected chi connectivity index (χ4v) is 4.07. The highest BCUT2D eigenvalue weighted by Crippen LogP contribution is 2.41. The quantitative estimate of drug-likeness (QED) is 0.578. The van der Waals surface area contributed by atoms with Crippen molar-refractivity contribution in [2.24, 2.45) is 11.1 Å². The molecule has 1 fully saturated rings. The van der Waals surface area contributed by atoms with Gasteiger partial charge in [0.05, 0.1) is 6.61 Å². The van der Waals surface area contributed by atoms with Crippen molar-refractivity contribution in [1.29, 1.82) is 0 Å². The Morgan fingerprint density at radius 2 is 2.00 bits per heavy atom. The zero-order chi connectivity index (χ0) is 6.74. The van der Waals surface area contributed by atoms with Gasteiger partial charge in [-0.2, -0.15) is 0 Å². The minimum atomic E-state index is 0.0370. The van der Waals surface area contributed by atoms with Crippen LogP contribution in [0.15, 0.2) is 0 Å². The Balaban J connectivity index is 2.45. The van der Waals surface area contributed by atoms with Crippen LogP contribution in [0.25, 0.3) is 0 Å². The van der Waals surface area contributed by atoms with Crippen molar-refractivity contribution in [3.05, 3.63) is 0 Å². The summed E-state index contributed by atoms with van der Waals surface area (Å²) >= 11 is 0. The standard InChI is InChI=1S/C5H11NOS2/c6-1-5(2-7)3-8-9-4-5/h7H,1-4,6H2. The zero-order valence-electron chi connectivity index (χ0n) is 5.17. The van der Waals surface area contributed by atoms with Gasteiger partial charge < -0.3 is 10.8 Å². The van der Waals surface area contributed by atoms with Gasteiger partial charge in [-0.15, -0.1) is 0 Å². The summed E-state index contributed by atoms with van der Waals surface area (Å²) in [4.78, 5) is 0. The van der Waals surface area contributed by atoms with E-state index in [9.17, 15) is 0 Å². The third kappa shape index (κ3) is 1.55. The molecular formula is C5H11NOS2. The second-order valence-corrected chi connectivity index (χ2v) is 4.85. The Bertz CT molecular complexity index is 87.0. The first kappa shape index (κ1) is 7.72. The molecule has 0 saturated carbocycles. The van der Waals surface area contributed by atoms with Gasteiger partial charge in [-0.25, -0.2) is 0 Å². The van der Waals surface area contributed by atoms with Gasteiger partial charge >= 0.3 is 0 Å².